The molecule has 31 heavy (non-hydrogen) atoms. The lowest BCUT2D eigenvalue weighted by atomic mass is 9.89. The lowest BCUT2D eigenvalue weighted by Crippen LogP contribution is -2.36. The molecule has 2 aromatic rings. The molecular weight excluding hydrogens is 432 g/mol. The fraction of sp³-hybridized carbons (Fsp3) is 0.591. The maximum atomic E-state index is 13.1. The zero-order chi connectivity index (χ0) is 21.8. The molecular formula is C22H32N4O3S2. The molecule has 0 spiro atoms. The molecule has 1 aromatic heterocycles. The molecule has 9 heteroatoms. The van der Waals surface area contributed by atoms with Crippen molar-refractivity contribution in [1.29, 1.82) is 0 Å². The molecule has 1 aliphatic carbocycles. The Kier molecular flexibility index (Phi) is 7.15. The van der Waals surface area contributed by atoms with Gasteiger partial charge in [-0.15, -0.1) is 0 Å². The van der Waals surface area contributed by atoms with Gasteiger partial charge in [-0.1, -0.05) is 30.6 Å². The van der Waals surface area contributed by atoms with Crippen LogP contribution in [0, 0.1) is 12.8 Å². The molecule has 4 rings (SSSR count). The topological polar surface area (TPSA) is 92.3 Å². The molecule has 1 aliphatic heterocycles. The predicted octanol–water partition coefficient (Wildman–Crippen LogP) is 3.76. The number of hydrogen-bond acceptors (Lipinski definition) is 7. The summed E-state index contributed by atoms with van der Waals surface area (Å²) in [5.41, 5.74) is 1.74. The summed E-state index contributed by atoms with van der Waals surface area (Å²) in [6.45, 7) is 4.39. The Labute approximate surface area is 189 Å². The quantitative estimate of drug-likeness (QED) is 0.551. The van der Waals surface area contributed by atoms with Crippen LogP contribution in [-0.2, 0) is 10.0 Å². The average molecular weight is 465 g/mol. The average Bonchev–Trinajstić information content (AvgIpc) is 3.41. The highest BCUT2D eigenvalue weighted by atomic mass is 32.2. The van der Waals surface area contributed by atoms with Crippen LogP contribution in [0.4, 0.5) is 5.13 Å². The Balaban J connectivity index is 1.55. The van der Waals surface area contributed by atoms with Gasteiger partial charge in [0.25, 0.3) is 0 Å². The Bertz CT molecular complexity index is 994. The van der Waals surface area contributed by atoms with Gasteiger partial charge in [0.05, 0.1) is 17.7 Å². The molecule has 0 amide bonds. The Morgan fingerprint density at radius 3 is 2.74 bits per heavy atom. The van der Waals surface area contributed by atoms with Crippen LogP contribution in [0.15, 0.2) is 23.1 Å². The summed E-state index contributed by atoms with van der Waals surface area (Å²) in [5.74, 6) is 1.07. The second-order valence-corrected chi connectivity index (χ2v) is 11.2. The minimum absolute atomic E-state index is 0.0981. The number of aromatic nitrogens is 1. The summed E-state index contributed by atoms with van der Waals surface area (Å²) in [7, 11) is -2.20. The van der Waals surface area contributed by atoms with E-state index in [4.69, 9.17) is 9.72 Å². The maximum Gasteiger partial charge on any atom is 0.244 e. The van der Waals surface area contributed by atoms with Gasteiger partial charge in [0.1, 0.15) is 10.6 Å². The smallest absolute Gasteiger partial charge is 0.244 e. The number of hydrogen-bond donors (Lipinski definition) is 3. The molecule has 3 N–H and O–H groups in total. The van der Waals surface area contributed by atoms with E-state index in [9.17, 15) is 8.42 Å². The SMILES string of the molecule is COc1ccc(-c2sc(NCC3CCCCC3)nc2C)cc1S(=O)(=O)N[C@@H]1CCNC1. The molecule has 2 aliphatic rings. The third-order valence-electron chi connectivity index (χ3n) is 6.16. The molecule has 2 fully saturated rings. The molecule has 1 atom stereocenters. The van der Waals surface area contributed by atoms with Gasteiger partial charge in [0.2, 0.25) is 10.0 Å². The first-order chi connectivity index (χ1) is 15.0. The lowest BCUT2D eigenvalue weighted by Gasteiger charge is -2.21. The molecule has 1 saturated heterocycles. The standard InChI is InChI=1S/C22H32N4O3S2/c1-15-21(30-22(25-15)24-13-16-6-4-3-5-7-16)17-8-9-19(29-2)20(12-17)31(27,28)26-18-10-11-23-14-18/h8-9,12,16,18,23,26H,3-7,10-11,13-14H2,1-2H3,(H,24,25)/t18-/m1/s1. The summed E-state index contributed by atoms with van der Waals surface area (Å²) in [6, 6.07) is 5.24. The molecule has 7 nitrogen and oxygen atoms in total. The monoisotopic (exact) mass is 464 g/mol. The third-order valence-corrected chi connectivity index (χ3v) is 8.87. The number of aryl methyl sites for hydroxylation is 1. The summed E-state index contributed by atoms with van der Waals surface area (Å²) < 4.78 is 34.3. The summed E-state index contributed by atoms with van der Waals surface area (Å²) >= 11 is 1.58. The van der Waals surface area contributed by atoms with E-state index in [-0.39, 0.29) is 10.9 Å². The van der Waals surface area contributed by atoms with Gasteiger partial charge >= 0.3 is 0 Å². The largest absolute Gasteiger partial charge is 0.495 e. The summed E-state index contributed by atoms with van der Waals surface area (Å²) in [4.78, 5) is 5.84. The van der Waals surface area contributed by atoms with Crippen LogP contribution in [0.5, 0.6) is 5.75 Å². The molecule has 2 heterocycles. The van der Waals surface area contributed by atoms with Crippen molar-refractivity contribution in [1.82, 2.24) is 15.0 Å². The number of ether oxygens (including phenoxy) is 1. The minimum Gasteiger partial charge on any atom is -0.495 e. The highest BCUT2D eigenvalue weighted by Crippen LogP contribution is 2.37. The molecule has 1 saturated carbocycles. The van der Waals surface area contributed by atoms with Crippen molar-refractivity contribution in [2.24, 2.45) is 5.92 Å². The molecule has 1 aromatic carbocycles. The fourth-order valence-electron chi connectivity index (χ4n) is 4.43. The zero-order valence-electron chi connectivity index (χ0n) is 18.2. The molecule has 170 valence electrons. The van der Waals surface area contributed by atoms with Gasteiger partial charge in [-0.2, -0.15) is 0 Å². The number of benzene rings is 1. The predicted molar refractivity (Wildman–Crippen MR) is 125 cm³/mol. The summed E-state index contributed by atoms with van der Waals surface area (Å²) in [6.07, 6.45) is 7.35. The highest BCUT2D eigenvalue weighted by molar-refractivity contribution is 7.89. The van der Waals surface area contributed by atoms with Gasteiger partial charge in [-0.3, -0.25) is 0 Å². The number of nitrogens with zero attached hydrogens (tertiary/aromatic N) is 1. The molecule has 0 unspecified atom stereocenters. The van der Waals surface area contributed by atoms with Crippen LogP contribution in [0.2, 0.25) is 0 Å². The van der Waals surface area contributed by atoms with Crippen molar-refractivity contribution in [3.63, 3.8) is 0 Å². The second-order valence-electron chi connectivity index (χ2n) is 8.50. The van der Waals surface area contributed by atoms with E-state index in [1.807, 2.05) is 13.0 Å². The van der Waals surface area contributed by atoms with Gasteiger partial charge < -0.3 is 15.4 Å². The van der Waals surface area contributed by atoms with Crippen LogP contribution in [0.3, 0.4) is 0 Å². The van der Waals surface area contributed by atoms with Crippen molar-refractivity contribution in [3.8, 4) is 16.2 Å². The number of sulfonamides is 1. The second kappa shape index (κ2) is 9.85. The molecule has 0 bridgehead atoms. The lowest BCUT2D eigenvalue weighted by molar-refractivity contribution is 0.373. The Morgan fingerprint density at radius 2 is 2.03 bits per heavy atom. The highest BCUT2D eigenvalue weighted by Gasteiger charge is 2.26. The van der Waals surface area contributed by atoms with E-state index in [1.165, 1.54) is 39.2 Å². The summed E-state index contributed by atoms with van der Waals surface area (Å²) in [5, 5.41) is 7.59. The van der Waals surface area contributed by atoms with E-state index < -0.39 is 10.0 Å². The number of anilines is 1. The van der Waals surface area contributed by atoms with Crippen molar-refractivity contribution in [2.75, 3.05) is 32.1 Å². The first kappa shape index (κ1) is 22.5. The van der Waals surface area contributed by atoms with Crippen LogP contribution < -0.4 is 20.1 Å². The first-order valence-electron chi connectivity index (χ1n) is 11.1. The van der Waals surface area contributed by atoms with E-state index in [0.29, 0.717) is 12.3 Å². The maximum absolute atomic E-state index is 13.1. The van der Waals surface area contributed by atoms with Crippen molar-refractivity contribution < 1.29 is 13.2 Å². The van der Waals surface area contributed by atoms with Gasteiger partial charge in [0.15, 0.2) is 5.13 Å². The number of thiazole rings is 1. The Hall–Kier alpha value is -1.68. The molecule has 0 radical (unpaired) electrons. The number of rotatable bonds is 8. The van der Waals surface area contributed by atoms with Crippen LogP contribution in [0.25, 0.3) is 10.4 Å². The Morgan fingerprint density at radius 1 is 1.23 bits per heavy atom. The van der Waals surface area contributed by atoms with Crippen LogP contribution >= 0.6 is 11.3 Å². The van der Waals surface area contributed by atoms with E-state index in [2.05, 4.69) is 15.4 Å². The van der Waals surface area contributed by atoms with Gasteiger partial charge in [-0.05, 0) is 62.4 Å². The van der Waals surface area contributed by atoms with E-state index >= 15 is 0 Å². The number of nitrogens with one attached hydrogen (secondary N) is 3. The van der Waals surface area contributed by atoms with Crippen molar-refractivity contribution in [2.45, 2.75) is 56.4 Å². The third kappa shape index (κ3) is 5.39. The first-order valence-corrected chi connectivity index (χ1v) is 13.4. The van der Waals surface area contributed by atoms with Crippen molar-refractivity contribution in [3.05, 3.63) is 23.9 Å². The van der Waals surface area contributed by atoms with Gasteiger partial charge in [-0.25, -0.2) is 18.1 Å². The minimum atomic E-state index is -3.69. The van der Waals surface area contributed by atoms with Crippen LogP contribution in [-0.4, -0.2) is 46.2 Å². The fourth-order valence-corrected chi connectivity index (χ4v) is 6.86. The number of methoxy groups -OCH3 is 1. The normalized spacial score (nSPS) is 20.1. The van der Waals surface area contributed by atoms with Crippen molar-refractivity contribution >= 4 is 26.5 Å². The van der Waals surface area contributed by atoms with E-state index in [0.717, 1.165) is 46.7 Å². The van der Waals surface area contributed by atoms with Gasteiger partial charge in [0, 0.05) is 19.1 Å². The van der Waals surface area contributed by atoms with Crippen LogP contribution in [0.1, 0.15) is 44.2 Å². The van der Waals surface area contributed by atoms with E-state index in [1.54, 1.807) is 23.5 Å². The zero-order valence-corrected chi connectivity index (χ0v) is 19.9.